The summed E-state index contributed by atoms with van der Waals surface area (Å²) in [6, 6.07) is 14.8. The summed E-state index contributed by atoms with van der Waals surface area (Å²) < 4.78 is 7.44. The van der Waals surface area contributed by atoms with Crippen LogP contribution in [0.15, 0.2) is 48.5 Å². The summed E-state index contributed by atoms with van der Waals surface area (Å²) in [4.78, 5) is 31.0. The van der Waals surface area contributed by atoms with Crippen LogP contribution >= 0.6 is 0 Å². The number of primary amides is 1. The largest absolute Gasteiger partial charge is 0.484 e. The number of hydrogen-bond donors (Lipinski definition) is 1. The molecule has 1 atom stereocenters. The molecule has 1 saturated heterocycles. The van der Waals surface area contributed by atoms with Crippen molar-refractivity contribution >= 4 is 22.8 Å². The molecule has 2 aromatic carbocycles. The highest BCUT2D eigenvalue weighted by Crippen LogP contribution is 2.33. The number of amides is 2. The Morgan fingerprint density at radius 3 is 2.79 bits per heavy atom. The Morgan fingerprint density at radius 2 is 2.00 bits per heavy atom. The van der Waals surface area contributed by atoms with E-state index in [0.717, 1.165) is 36.1 Å². The normalized spacial score (nSPS) is 16.7. The number of nitrogens with two attached hydrogens (primary N) is 1. The first-order valence-corrected chi connectivity index (χ1v) is 9.78. The first-order chi connectivity index (χ1) is 14.0. The lowest BCUT2D eigenvalue weighted by Crippen LogP contribution is -2.39. The van der Waals surface area contributed by atoms with Gasteiger partial charge < -0.3 is 19.9 Å². The Morgan fingerprint density at radius 1 is 1.17 bits per heavy atom. The van der Waals surface area contributed by atoms with Crippen LogP contribution in [0.2, 0.25) is 0 Å². The average molecular weight is 392 g/mol. The van der Waals surface area contributed by atoms with Crippen LogP contribution in [0.25, 0.3) is 11.0 Å². The van der Waals surface area contributed by atoms with Crippen LogP contribution < -0.4 is 10.5 Å². The molecule has 2 N–H and O–H groups in total. The molecule has 2 heterocycles. The number of imidazole rings is 1. The van der Waals surface area contributed by atoms with Crippen molar-refractivity contribution < 1.29 is 14.3 Å². The predicted octanol–water partition coefficient (Wildman–Crippen LogP) is 2.80. The summed E-state index contributed by atoms with van der Waals surface area (Å²) in [7, 11) is 2.00. The van der Waals surface area contributed by atoms with Gasteiger partial charge in [-0.05, 0) is 49.6 Å². The summed E-state index contributed by atoms with van der Waals surface area (Å²) in [5, 5.41) is 0. The minimum atomic E-state index is -0.556. The monoisotopic (exact) mass is 392 g/mol. The maximum atomic E-state index is 13.3. The van der Waals surface area contributed by atoms with Crippen LogP contribution in [0.5, 0.6) is 5.75 Å². The van der Waals surface area contributed by atoms with Gasteiger partial charge in [0.15, 0.2) is 6.61 Å². The average Bonchev–Trinajstić information content (AvgIpc) is 3.08. The Kier molecular flexibility index (Phi) is 5.20. The smallest absolute Gasteiger partial charge is 0.255 e. The number of aryl methyl sites for hydroxylation is 1. The van der Waals surface area contributed by atoms with Gasteiger partial charge in [0.25, 0.3) is 11.8 Å². The van der Waals surface area contributed by atoms with Crippen molar-refractivity contribution in [1.29, 1.82) is 0 Å². The van der Waals surface area contributed by atoms with Crippen LogP contribution in [-0.2, 0) is 11.8 Å². The molecule has 0 bridgehead atoms. The second-order valence-corrected chi connectivity index (χ2v) is 7.31. The number of ether oxygens (including phenoxy) is 1. The fourth-order valence-electron chi connectivity index (χ4n) is 3.94. The molecule has 0 spiro atoms. The lowest BCUT2D eigenvalue weighted by Gasteiger charge is -2.35. The third kappa shape index (κ3) is 3.81. The zero-order chi connectivity index (χ0) is 20.4. The molecular weight excluding hydrogens is 368 g/mol. The second-order valence-electron chi connectivity index (χ2n) is 7.31. The summed E-state index contributed by atoms with van der Waals surface area (Å²) >= 11 is 0. The molecule has 1 fully saturated rings. The van der Waals surface area contributed by atoms with Crippen molar-refractivity contribution in [3.63, 3.8) is 0 Å². The van der Waals surface area contributed by atoms with Gasteiger partial charge in [0, 0.05) is 19.2 Å². The van der Waals surface area contributed by atoms with Gasteiger partial charge in [-0.1, -0.05) is 18.2 Å². The van der Waals surface area contributed by atoms with Gasteiger partial charge in [-0.3, -0.25) is 9.59 Å². The van der Waals surface area contributed by atoms with E-state index in [0.29, 0.717) is 17.9 Å². The van der Waals surface area contributed by atoms with E-state index in [9.17, 15) is 9.59 Å². The van der Waals surface area contributed by atoms with E-state index in [1.165, 1.54) is 0 Å². The number of aromatic nitrogens is 2. The van der Waals surface area contributed by atoms with Gasteiger partial charge >= 0.3 is 0 Å². The lowest BCUT2D eigenvalue weighted by molar-refractivity contribution is -0.119. The summed E-state index contributed by atoms with van der Waals surface area (Å²) in [5.74, 6) is 0.734. The topological polar surface area (TPSA) is 90.5 Å². The van der Waals surface area contributed by atoms with Gasteiger partial charge in [0.1, 0.15) is 11.6 Å². The highest BCUT2D eigenvalue weighted by Gasteiger charge is 2.32. The van der Waals surface area contributed by atoms with Crippen molar-refractivity contribution in [3.8, 4) is 5.75 Å². The maximum Gasteiger partial charge on any atom is 0.255 e. The molecule has 7 heteroatoms. The Labute approximate surface area is 169 Å². The number of hydrogen-bond acceptors (Lipinski definition) is 4. The molecule has 29 heavy (non-hydrogen) atoms. The SMILES string of the molecule is Cn1c(C2CCCCN2C(=O)c2cccc(OCC(N)=O)c2)nc2ccccc21. The quantitative estimate of drug-likeness (QED) is 0.723. The second kappa shape index (κ2) is 7.95. The van der Waals surface area contributed by atoms with Gasteiger partial charge in [0.05, 0.1) is 17.1 Å². The van der Waals surface area contributed by atoms with Crippen LogP contribution in [0.3, 0.4) is 0 Å². The van der Waals surface area contributed by atoms with E-state index < -0.39 is 5.91 Å². The van der Waals surface area contributed by atoms with Crippen LogP contribution in [0, 0.1) is 0 Å². The minimum absolute atomic E-state index is 0.0636. The van der Waals surface area contributed by atoms with E-state index in [-0.39, 0.29) is 18.6 Å². The maximum absolute atomic E-state index is 13.3. The summed E-state index contributed by atoms with van der Waals surface area (Å²) in [5.41, 5.74) is 7.65. The number of fused-ring (bicyclic) bond motifs is 1. The van der Waals surface area contributed by atoms with E-state index in [1.54, 1.807) is 24.3 Å². The van der Waals surface area contributed by atoms with Crippen molar-refractivity contribution in [2.45, 2.75) is 25.3 Å². The fourth-order valence-corrected chi connectivity index (χ4v) is 3.94. The number of benzene rings is 2. The van der Waals surface area contributed by atoms with E-state index in [1.807, 2.05) is 36.2 Å². The number of para-hydroxylation sites is 2. The van der Waals surface area contributed by atoms with Crippen molar-refractivity contribution in [3.05, 3.63) is 59.9 Å². The van der Waals surface area contributed by atoms with E-state index in [4.69, 9.17) is 15.5 Å². The lowest BCUT2D eigenvalue weighted by atomic mass is 10.00. The fraction of sp³-hybridized carbons (Fsp3) is 0.318. The molecule has 0 radical (unpaired) electrons. The molecule has 3 aromatic rings. The van der Waals surface area contributed by atoms with Crippen molar-refractivity contribution in [2.24, 2.45) is 12.8 Å². The number of rotatable bonds is 5. The standard InChI is InChI=1S/C22H24N4O3/c1-25-18-10-3-2-9-17(18)24-21(25)19-11-4-5-12-26(19)22(28)15-7-6-8-16(13-15)29-14-20(23)27/h2-3,6-10,13,19H,4-5,11-12,14H2,1H3,(H2,23,27). The Bertz CT molecular complexity index is 1060. The third-order valence-electron chi connectivity index (χ3n) is 5.35. The Hall–Kier alpha value is -3.35. The molecule has 1 aromatic heterocycles. The molecular formula is C22H24N4O3. The molecule has 1 aliphatic heterocycles. The van der Waals surface area contributed by atoms with E-state index >= 15 is 0 Å². The van der Waals surface area contributed by atoms with Gasteiger partial charge in [-0.15, -0.1) is 0 Å². The molecule has 1 unspecified atom stereocenters. The van der Waals surface area contributed by atoms with E-state index in [2.05, 4.69) is 4.57 Å². The molecule has 1 aliphatic rings. The number of nitrogens with zero attached hydrogens (tertiary/aromatic N) is 3. The summed E-state index contributed by atoms with van der Waals surface area (Å²) in [6.45, 7) is 0.461. The zero-order valence-electron chi connectivity index (χ0n) is 16.4. The molecule has 150 valence electrons. The van der Waals surface area contributed by atoms with Crippen LogP contribution in [0.4, 0.5) is 0 Å². The highest BCUT2D eigenvalue weighted by molar-refractivity contribution is 5.95. The number of carbonyl (C=O) groups is 2. The molecule has 0 aliphatic carbocycles. The molecule has 0 saturated carbocycles. The number of piperidine rings is 1. The van der Waals surface area contributed by atoms with Crippen molar-refractivity contribution in [1.82, 2.24) is 14.5 Å². The number of carbonyl (C=O) groups excluding carboxylic acids is 2. The van der Waals surface area contributed by atoms with Gasteiger partial charge in [-0.25, -0.2) is 4.98 Å². The first kappa shape index (κ1) is 19.0. The molecule has 4 rings (SSSR count). The Balaban J connectivity index is 1.63. The van der Waals surface area contributed by atoms with Gasteiger partial charge in [-0.2, -0.15) is 0 Å². The van der Waals surface area contributed by atoms with Crippen molar-refractivity contribution in [2.75, 3.05) is 13.2 Å². The highest BCUT2D eigenvalue weighted by atomic mass is 16.5. The van der Waals surface area contributed by atoms with Crippen LogP contribution in [-0.4, -0.2) is 39.4 Å². The molecule has 2 amide bonds. The number of likely N-dealkylation sites (tertiary alicyclic amines) is 1. The predicted molar refractivity (Wildman–Crippen MR) is 109 cm³/mol. The van der Waals surface area contributed by atoms with Crippen LogP contribution in [0.1, 0.15) is 41.5 Å². The minimum Gasteiger partial charge on any atom is -0.484 e. The first-order valence-electron chi connectivity index (χ1n) is 9.78. The van der Waals surface area contributed by atoms with Gasteiger partial charge in [0.2, 0.25) is 0 Å². The molecule has 7 nitrogen and oxygen atoms in total. The third-order valence-corrected chi connectivity index (χ3v) is 5.35. The summed E-state index contributed by atoms with van der Waals surface area (Å²) in [6.07, 6.45) is 2.89. The zero-order valence-corrected chi connectivity index (χ0v) is 16.4.